The minimum Gasteiger partial charge on any atom is 3.00 e. The molecular formula is Cl9O3Y5Zr3. The van der Waals surface area contributed by atoms with Crippen molar-refractivity contribution in [2.45, 2.75) is 0 Å². The average Bonchev–Trinajstić information content (AvgIpc) is 1.54. The summed E-state index contributed by atoms with van der Waals surface area (Å²) in [5, 5.41) is 0. The monoisotopic (exact) mass is 1080 g/mol. The summed E-state index contributed by atoms with van der Waals surface area (Å²) in [4.78, 5) is 0. The quantitative estimate of drug-likeness (QED) is 0.244. The summed E-state index contributed by atoms with van der Waals surface area (Å²) in [6, 6.07) is 0. The van der Waals surface area contributed by atoms with Gasteiger partial charge in [0.25, 0.3) is 0 Å². The van der Waals surface area contributed by atoms with Crippen LogP contribution >= 0.6 is 51.1 Å². The van der Waals surface area contributed by atoms with Crippen molar-refractivity contribution in [3.05, 3.63) is 0 Å². The molecule has 20 heavy (non-hydrogen) atoms. The third-order valence-corrected chi connectivity index (χ3v) is 0. The standard InChI is InChI=1S/9ClH.3O.5Y.3Zr/h9*1H;;;;;;;;;;;/q;;;;;;;;;;;;5*+3;3*-2/p-9. The van der Waals surface area contributed by atoms with Gasteiger partial charge in [0, 0.05) is 0 Å². The molecule has 0 aromatic carbocycles. The summed E-state index contributed by atoms with van der Waals surface area (Å²) < 4.78 is 27.8. The smallest absolute Gasteiger partial charge is 3.00 e. The Morgan fingerprint density at radius 1 is 0.400 bits per heavy atom. The van der Waals surface area contributed by atoms with E-state index in [4.69, 9.17) is 0 Å². The van der Waals surface area contributed by atoms with Crippen LogP contribution in [0.1, 0.15) is 0 Å². The molecule has 0 aliphatic carbocycles. The van der Waals surface area contributed by atoms with Gasteiger partial charge in [0.1, 0.15) is 0 Å². The molecule has 0 fully saturated rings. The molecule has 0 aliphatic heterocycles. The van der Waals surface area contributed by atoms with Crippen molar-refractivity contribution in [1.29, 1.82) is 0 Å². The van der Waals surface area contributed by atoms with Gasteiger partial charge in [-0.1, -0.05) is 0 Å². The van der Waals surface area contributed by atoms with Crippen LogP contribution in [0.25, 0.3) is 0 Å². The Kier molecular flexibility index (Phi) is 220. The van der Waals surface area contributed by atoms with E-state index in [-0.39, 0.29) is 201 Å². The summed E-state index contributed by atoms with van der Waals surface area (Å²) in [7, 11) is 28.1. The van der Waals surface area contributed by atoms with E-state index in [1.54, 1.807) is 0 Å². The Morgan fingerprint density at radius 3 is 0.400 bits per heavy atom. The van der Waals surface area contributed by atoms with Crippen molar-refractivity contribution >= 4 is 51.1 Å². The number of hydrogen-bond acceptors (Lipinski definition) is 3. The van der Waals surface area contributed by atoms with Crippen molar-refractivity contribution in [1.82, 2.24) is 0 Å². The SMILES string of the molecule is [Cl-].[Cl-].[Cl-].[O]=[Zr-4]([Cl])[Cl].[O]=[Zr-4]([Cl])[Cl].[O]=[Zr-4]([Cl])[Cl].[Y+3].[Y+3].[Y+3].[Y+3].[Y+3]. The fourth-order valence-corrected chi connectivity index (χ4v) is 0. The summed E-state index contributed by atoms with van der Waals surface area (Å²) in [5.41, 5.74) is 0. The minimum atomic E-state index is -2.85. The fraction of sp³-hybridized carbons (Fsp3) is 0. The Balaban J connectivity index is -0.00000000562. The van der Waals surface area contributed by atoms with Crippen LogP contribution in [0.3, 0.4) is 0 Å². The van der Waals surface area contributed by atoms with Crippen LogP contribution < -0.4 is 37.2 Å². The van der Waals surface area contributed by atoms with Gasteiger partial charge in [-0.3, -0.25) is 0 Å². The van der Waals surface area contributed by atoms with Gasteiger partial charge in [0.15, 0.2) is 0 Å². The van der Waals surface area contributed by atoms with Gasteiger partial charge in [-0.2, -0.15) is 0 Å². The first-order valence-electron chi connectivity index (χ1n) is 1.75. The van der Waals surface area contributed by atoms with E-state index >= 15 is 0 Å². The maximum atomic E-state index is 9.26. The number of hydrogen-bond donors (Lipinski definition) is 0. The Hall–Kier alpha value is 10.2. The first kappa shape index (κ1) is 69.9. The zero-order chi connectivity index (χ0) is 10.7. The van der Waals surface area contributed by atoms with E-state index in [0.717, 1.165) is 0 Å². The zero-order valence-corrected chi connectivity index (χ0v) is 37.4. The van der Waals surface area contributed by atoms with E-state index in [1.807, 2.05) is 0 Å². The van der Waals surface area contributed by atoms with Crippen LogP contribution in [0, 0.1) is 0 Å². The van der Waals surface area contributed by atoms with Gasteiger partial charge < -0.3 is 37.2 Å². The third-order valence-electron chi connectivity index (χ3n) is 0. The largest absolute Gasteiger partial charge is 3.00 e. The van der Waals surface area contributed by atoms with Crippen LogP contribution in [-0.4, -0.2) is 0 Å². The van der Waals surface area contributed by atoms with Crippen LogP contribution in [0.5, 0.6) is 0 Å². The van der Waals surface area contributed by atoms with Crippen molar-refractivity contribution in [2.75, 3.05) is 0 Å². The fourth-order valence-electron chi connectivity index (χ4n) is 0. The van der Waals surface area contributed by atoms with Crippen LogP contribution in [0.4, 0.5) is 0 Å². The van der Waals surface area contributed by atoms with Crippen LogP contribution in [0.15, 0.2) is 0 Å². The number of halogens is 9. The van der Waals surface area contributed by atoms with Crippen molar-refractivity contribution in [3.63, 3.8) is 0 Å². The van der Waals surface area contributed by atoms with Crippen LogP contribution in [0.2, 0.25) is 0 Å². The first-order chi connectivity index (χ1) is 5.20. The topological polar surface area (TPSA) is 51.2 Å². The summed E-state index contributed by atoms with van der Waals surface area (Å²) >= 11 is -8.55. The van der Waals surface area contributed by atoms with Gasteiger partial charge in [0.2, 0.25) is 0 Å². The van der Waals surface area contributed by atoms with E-state index in [9.17, 15) is 8.44 Å². The molecule has 108 valence electrons. The zero-order valence-electron chi connectivity index (χ0n) is 9.01. The van der Waals surface area contributed by atoms with E-state index in [1.165, 1.54) is 0 Å². The van der Waals surface area contributed by atoms with Gasteiger partial charge in [0.05, 0.1) is 0 Å². The Labute approximate surface area is 308 Å². The normalized spacial score (nSPS) is 6.60. The summed E-state index contributed by atoms with van der Waals surface area (Å²) in [5.74, 6) is 0. The third kappa shape index (κ3) is 201. The molecule has 0 atom stereocenters. The minimum absolute atomic E-state index is 0. The van der Waals surface area contributed by atoms with Gasteiger partial charge in [-0.05, 0) is 0 Å². The first-order valence-corrected chi connectivity index (χ1v) is 23.7. The molecule has 0 aromatic rings. The van der Waals surface area contributed by atoms with Crippen molar-refractivity contribution in [3.8, 4) is 0 Å². The van der Waals surface area contributed by atoms with Crippen molar-refractivity contribution in [2.24, 2.45) is 0 Å². The predicted octanol–water partition coefficient (Wildman–Crippen LogP) is -5.23. The molecule has 0 aromatic heterocycles. The van der Waals surface area contributed by atoms with E-state index < -0.39 is 58.1 Å². The molecular weight excluding hydrogens is 1090 g/mol. The molecule has 0 radical (unpaired) electrons. The van der Waals surface area contributed by atoms with Gasteiger partial charge in [-0.25, -0.2) is 0 Å². The molecule has 0 amide bonds. The molecule has 0 unspecified atom stereocenters. The molecule has 0 spiro atoms. The maximum absolute atomic E-state index is 9.26. The van der Waals surface area contributed by atoms with Crippen LogP contribution in [-0.2, 0) is 230 Å². The maximum Gasteiger partial charge on any atom is 3.00 e. The summed E-state index contributed by atoms with van der Waals surface area (Å²) in [6.07, 6.45) is 0. The second-order valence-electron chi connectivity index (χ2n) is 0.677. The molecule has 0 aliphatic rings. The molecule has 0 saturated heterocycles. The Bertz CT molecular complexity index is 134. The predicted molar refractivity (Wildman–Crippen MR) is 37.2 cm³/mol. The van der Waals surface area contributed by atoms with Crippen molar-refractivity contribution < 1.29 is 267 Å². The molecule has 0 heterocycles. The molecule has 0 rings (SSSR count). The summed E-state index contributed by atoms with van der Waals surface area (Å²) in [6.45, 7) is 0. The van der Waals surface area contributed by atoms with Gasteiger partial charge in [-0.15, -0.1) is 0 Å². The molecule has 3 nitrogen and oxygen atoms in total. The molecule has 0 saturated carbocycles. The van der Waals surface area contributed by atoms with Gasteiger partial charge >= 0.3 is 281 Å². The Morgan fingerprint density at radius 2 is 0.400 bits per heavy atom. The molecule has 0 bridgehead atoms. The molecule has 20 heteroatoms. The second kappa shape index (κ2) is 63.0. The van der Waals surface area contributed by atoms with E-state index in [0.29, 0.717) is 0 Å². The molecule has 0 N–H and O–H groups in total. The second-order valence-corrected chi connectivity index (χ2v) is 19.6. The number of rotatable bonds is 0. The van der Waals surface area contributed by atoms with E-state index in [2.05, 4.69) is 51.1 Å². The average molecular weight is 1090 g/mol.